The lowest BCUT2D eigenvalue weighted by Crippen LogP contribution is -2.37. The normalized spacial score (nSPS) is 23.3. The van der Waals surface area contributed by atoms with Crippen LogP contribution in [-0.4, -0.2) is 38.8 Å². The van der Waals surface area contributed by atoms with E-state index in [9.17, 15) is 9.59 Å². The third-order valence-corrected chi connectivity index (χ3v) is 6.24. The molecule has 0 fully saturated rings. The molecule has 2 amide bonds. The summed E-state index contributed by atoms with van der Waals surface area (Å²) in [6.07, 6.45) is 8.04. The molecule has 0 radical (unpaired) electrons. The number of dihydropyridines is 1. The number of pyridine rings is 1. The second kappa shape index (κ2) is 7.17. The van der Waals surface area contributed by atoms with Gasteiger partial charge in [-0.25, -0.2) is 4.98 Å². The van der Waals surface area contributed by atoms with Crippen molar-refractivity contribution in [1.29, 1.82) is 0 Å². The first kappa shape index (κ1) is 17.9. The van der Waals surface area contributed by atoms with Gasteiger partial charge >= 0.3 is 0 Å². The van der Waals surface area contributed by atoms with Crippen LogP contribution in [0.15, 0.2) is 56.4 Å². The number of aromatic nitrogens is 1. The zero-order valence-corrected chi connectivity index (χ0v) is 15.9. The highest BCUT2D eigenvalue weighted by atomic mass is 32.2. The maximum atomic E-state index is 12.9. The number of hydrogen-bond acceptors (Lipinski definition) is 6. The van der Waals surface area contributed by atoms with E-state index in [0.29, 0.717) is 21.3 Å². The predicted octanol–water partition coefficient (Wildman–Crippen LogP) is 3.64. The molecule has 0 bridgehead atoms. The molecule has 2 aliphatic rings. The van der Waals surface area contributed by atoms with Crippen LogP contribution < -0.4 is 0 Å². The Morgan fingerprint density at radius 1 is 1.20 bits per heavy atom. The lowest BCUT2D eigenvalue weighted by Gasteiger charge is -2.25. The molecule has 3 heterocycles. The molecule has 0 aliphatic carbocycles. The standard InChI is InChI=1S/C18H19N3O2S2/c1-12(2)21-16(22)14(24-13-8-4-6-10-19-13)15(17(21)23)25-18(3)9-5-7-11-20-18/h4-8,10-12H,9H2,1-3H3. The molecule has 1 atom stereocenters. The molecule has 25 heavy (non-hydrogen) atoms. The summed E-state index contributed by atoms with van der Waals surface area (Å²) in [5.41, 5.74) is 0. The van der Waals surface area contributed by atoms with Gasteiger partial charge in [0.15, 0.2) is 0 Å². The molecule has 3 rings (SSSR count). The van der Waals surface area contributed by atoms with Crippen molar-refractivity contribution >= 4 is 41.6 Å². The Balaban J connectivity index is 1.97. The van der Waals surface area contributed by atoms with Gasteiger partial charge in [0, 0.05) is 24.9 Å². The third-order valence-electron chi connectivity index (χ3n) is 3.78. The van der Waals surface area contributed by atoms with Crippen LogP contribution in [0, 0.1) is 0 Å². The predicted molar refractivity (Wildman–Crippen MR) is 102 cm³/mol. The van der Waals surface area contributed by atoms with Crippen LogP contribution >= 0.6 is 23.5 Å². The molecule has 1 aromatic heterocycles. The summed E-state index contributed by atoms with van der Waals surface area (Å²) in [6.45, 7) is 5.66. The van der Waals surface area contributed by atoms with E-state index in [1.807, 2.05) is 51.1 Å². The second-order valence-electron chi connectivity index (χ2n) is 6.19. The zero-order valence-electron chi connectivity index (χ0n) is 14.3. The summed E-state index contributed by atoms with van der Waals surface area (Å²) < 4.78 is 0. The van der Waals surface area contributed by atoms with Gasteiger partial charge in [-0.1, -0.05) is 35.7 Å². The van der Waals surface area contributed by atoms with Crippen molar-refractivity contribution in [2.24, 2.45) is 4.99 Å². The molecule has 1 aromatic rings. The Morgan fingerprint density at radius 3 is 2.56 bits per heavy atom. The summed E-state index contributed by atoms with van der Waals surface area (Å²) in [7, 11) is 0. The first-order chi connectivity index (χ1) is 11.9. The minimum Gasteiger partial charge on any atom is -0.275 e. The summed E-state index contributed by atoms with van der Waals surface area (Å²) >= 11 is 2.61. The van der Waals surface area contributed by atoms with E-state index in [1.54, 1.807) is 12.4 Å². The Hall–Kier alpha value is -1.86. The van der Waals surface area contributed by atoms with Gasteiger partial charge in [0.25, 0.3) is 11.8 Å². The molecular formula is C18H19N3O2S2. The highest BCUT2D eigenvalue weighted by Gasteiger charge is 2.43. The molecule has 0 spiro atoms. The van der Waals surface area contributed by atoms with E-state index in [4.69, 9.17) is 0 Å². The fraction of sp³-hybridized carbons (Fsp3) is 0.333. The molecule has 0 N–H and O–H groups in total. The van der Waals surface area contributed by atoms with Crippen molar-refractivity contribution < 1.29 is 9.59 Å². The number of carbonyl (C=O) groups excluding carboxylic acids is 2. The zero-order chi connectivity index (χ0) is 18.0. The van der Waals surface area contributed by atoms with E-state index in [1.165, 1.54) is 28.4 Å². The van der Waals surface area contributed by atoms with Gasteiger partial charge in [-0.3, -0.25) is 19.5 Å². The smallest absolute Gasteiger partial charge is 0.269 e. The lowest BCUT2D eigenvalue weighted by atomic mass is 10.2. The molecule has 2 aliphatic heterocycles. The number of rotatable bonds is 5. The quantitative estimate of drug-likeness (QED) is 0.738. The van der Waals surface area contributed by atoms with Gasteiger partial charge < -0.3 is 0 Å². The number of allylic oxidation sites excluding steroid dienone is 1. The molecular weight excluding hydrogens is 354 g/mol. The number of hydrogen-bond donors (Lipinski definition) is 0. The summed E-state index contributed by atoms with van der Waals surface area (Å²) in [6, 6.07) is 5.32. The highest BCUT2D eigenvalue weighted by Crippen LogP contribution is 2.46. The third kappa shape index (κ3) is 3.72. The van der Waals surface area contributed by atoms with Crippen molar-refractivity contribution in [1.82, 2.24) is 9.88 Å². The summed E-state index contributed by atoms with van der Waals surface area (Å²) in [5.74, 6) is -0.494. The fourth-order valence-electron chi connectivity index (χ4n) is 2.56. The summed E-state index contributed by atoms with van der Waals surface area (Å²) in [5, 5.41) is 0.694. The average molecular weight is 374 g/mol. The Labute approximate surface area is 155 Å². The Bertz CT molecular complexity index is 787. The molecule has 0 saturated heterocycles. The molecule has 130 valence electrons. The van der Waals surface area contributed by atoms with Crippen LogP contribution in [0.25, 0.3) is 0 Å². The molecule has 7 heteroatoms. The topological polar surface area (TPSA) is 62.6 Å². The number of carbonyl (C=O) groups is 2. The lowest BCUT2D eigenvalue weighted by molar-refractivity contribution is -0.138. The van der Waals surface area contributed by atoms with Crippen LogP contribution in [0.5, 0.6) is 0 Å². The van der Waals surface area contributed by atoms with Gasteiger partial charge in [-0.15, -0.1) is 0 Å². The minimum absolute atomic E-state index is 0.194. The van der Waals surface area contributed by atoms with E-state index in [-0.39, 0.29) is 17.9 Å². The first-order valence-corrected chi connectivity index (χ1v) is 9.65. The van der Waals surface area contributed by atoms with Gasteiger partial charge in [0.05, 0.1) is 9.81 Å². The molecule has 0 saturated carbocycles. The van der Waals surface area contributed by atoms with Crippen LogP contribution in [0.3, 0.4) is 0 Å². The number of aliphatic imine (C=N–C) groups is 1. The summed E-state index contributed by atoms with van der Waals surface area (Å²) in [4.78, 5) is 36.3. The average Bonchev–Trinajstić information content (AvgIpc) is 2.80. The Morgan fingerprint density at radius 2 is 1.96 bits per heavy atom. The van der Waals surface area contributed by atoms with Crippen molar-refractivity contribution in [2.45, 2.75) is 43.1 Å². The van der Waals surface area contributed by atoms with Gasteiger partial charge in [0.1, 0.15) is 9.90 Å². The number of nitrogens with zero attached hydrogens (tertiary/aromatic N) is 3. The van der Waals surface area contributed by atoms with E-state index in [0.717, 1.165) is 0 Å². The van der Waals surface area contributed by atoms with E-state index < -0.39 is 4.87 Å². The van der Waals surface area contributed by atoms with Crippen molar-refractivity contribution in [2.75, 3.05) is 0 Å². The van der Waals surface area contributed by atoms with Gasteiger partial charge in [0.2, 0.25) is 0 Å². The number of thioether (sulfide) groups is 2. The molecule has 0 aromatic carbocycles. The van der Waals surface area contributed by atoms with Crippen LogP contribution in [0.2, 0.25) is 0 Å². The SMILES string of the molecule is CC(C)N1C(=O)C(Sc2ccccn2)=C(SC2(C)CC=CC=N2)C1=O. The largest absolute Gasteiger partial charge is 0.275 e. The first-order valence-electron chi connectivity index (χ1n) is 8.02. The van der Waals surface area contributed by atoms with Crippen LogP contribution in [0.4, 0.5) is 0 Å². The second-order valence-corrected chi connectivity index (χ2v) is 8.71. The van der Waals surface area contributed by atoms with E-state index >= 15 is 0 Å². The maximum absolute atomic E-state index is 12.9. The maximum Gasteiger partial charge on any atom is 0.269 e. The van der Waals surface area contributed by atoms with Crippen LogP contribution in [-0.2, 0) is 9.59 Å². The number of amides is 2. The van der Waals surface area contributed by atoms with Crippen molar-refractivity contribution in [3.05, 3.63) is 46.4 Å². The van der Waals surface area contributed by atoms with E-state index in [2.05, 4.69) is 9.98 Å². The van der Waals surface area contributed by atoms with Crippen molar-refractivity contribution in [3.8, 4) is 0 Å². The number of imide groups is 1. The minimum atomic E-state index is -0.483. The Kier molecular flexibility index (Phi) is 5.15. The van der Waals surface area contributed by atoms with Gasteiger partial charge in [-0.05, 0) is 39.0 Å². The fourth-order valence-corrected chi connectivity index (χ4v) is 4.74. The van der Waals surface area contributed by atoms with Gasteiger partial charge in [-0.2, -0.15) is 0 Å². The molecule has 5 nitrogen and oxygen atoms in total. The van der Waals surface area contributed by atoms with Crippen molar-refractivity contribution in [3.63, 3.8) is 0 Å². The highest BCUT2D eigenvalue weighted by molar-refractivity contribution is 8.08. The monoisotopic (exact) mass is 373 g/mol. The van der Waals surface area contributed by atoms with Crippen LogP contribution in [0.1, 0.15) is 27.2 Å². The molecule has 1 unspecified atom stereocenters.